The van der Waals surface area contributed by atoms with Gasteiger partial charge in [0.05, 0.1) is 13.0 Å². The predicted molar refractivity (Wildman–Crippen MR) is 67.2 cm³/mol. The average Bonchev–Trinajstić information content (AvgIpc) is 2.41. The van der Waals surface area contributed by atoms with E-state index in [2.05, 4.69) is 5.32 Å². The molecule has 0 radical (unpaired) electrons. The molecular weight excluding hydrogens is 246 g/mol. The number of hydrogen-bond donors (Lipinski definition) is 1. The van der Waals surface area contributed by atoms with Crippen LogP contribution >= 0.6 is 0 Å². The Hall–Kier alpha value is -2.43. The summed E-state index contributed by atoms with van der Waals surface area (Å²) in [5.41, 5.74) is 0.907. The first-order valence-electron chi connectivity index (χ1n) is 5.86. The Balaban J connectivity index is 1.83. The topological polar surface area (TPSA) is 72.5 Å². The SMILES string of the molecule is O=C(Cc1ccccc1)NCC1=CC(=O)C(=O)CO1. The first-order valence-corrected chi connectivity index (χ1v) is 5.86. The Morgan fingerprint density at radius 3 is 2.63 bits per heavy atom. The monoisotopic (exact) mass is 259 g/mol. The molecule has 0 bridgehead atoms. The molecule has 0 aromatic heterocycles. The second-order valence-electron chi connectivity index (χ2n) is 4.13. The lowest BCUT2D eigenvalue weighted by atomic mass is 10.1. The minimum absolute atomic E-state index is 0.116. The summed E-state index contributed by atoms with van der Waals surface area (Å²) >= 11 is 0. The molecular formula is C14H13NO4. The van der Waals surface area contributed by atoms with Crippen molar-refractivity contribution in [3.05, 3.63) is 47.7 Å². The second-order valence-corrected chi connectivity index (χ2v) is 4.13. The fourth-order valence-electron chi connectivity index (χ4n) is 1.63. The van der Waals surface area contributed by atoms with E-state index in [-0.39, 0.29) is 25.5 Å². The van der Waals surface area contributed by atoms with E-state index in [4.69, 9.17) is 4.74 Å². The van der Waals surface area contributed by atoms with Crippen LogP contribution in [0, 0.1) is 0 Å². The molecule has 0 unspecified atom stereocenters. The van der Waals surface area contributed by atoms with Gasteiger partial charge in [-0.05, 0) is 5.56 Å². The number of allylic oxidation sites excluding steroid dienone is 1. The molecule has 1 aromatic carbocycles. The molecule has 19 heavy (non-hydrogen) atoms. The fraction of sp³-hybridized carbons (Fsp3) is 0.214. The third-order valence-electron chi connectivity index (χ3n) is 2.62. The van der Waals surface area contributed by atoms with Gasteiger partial charge in [0.1, 0.15) is 5.76 Å². The Morgan fingerprint density at radius 2 is 1.95 bits per heavy atom. The summed E-state index contributed by atoms with van der Waals surface area (Å²) in [6.07, 6.45) is 1.38. The predicted octanol–water partition coefficient (Wildman–Crippen LogP) is 0.398. The van der Waals surface area contributed by atoms with Gasteiger partial charge in [0.15, 0.2) is 6.61 Å². The number of amides is 1. The fourth-order valence-corrected chi connectivity index (χ4v) is 1.63. The minimum atomic E-state index is -0.585. The molecule has 0 aliphatic carbocycles. The molecule has 0 fully saturated rings. The van der Waals surface area contributed by atoms with Crippen LogP contribution in [0.5, 0.6) is 0 Å². The van der Waals surface area contributed by atoms with Gasteiger partial charge in [-0.25, -0.2) is 0 Å². The maximum absolute atomic E-state index is 11.7. The van der Waals surface area contributed by atoms with Crippen molar-refractivity contribution < 1.29 is 19.1 Å². The number of ketones is 2. The van der Waals surface area contributed by atoms with Crippen LogP contribution in [0.25, 0.3) is 0 Å². The number of nitrogens with one attached hydrogen (secondary N) is 1. The number of hydrogen-bond acceptors (Lipinski definition) is 4. The molecule has 5 nitrogen and oxygen atoms in total. The van der Waals surface area contributed by atoms with Crippen LogP contribution in [0.15, 0.2) is 42.2 Å². The number of ether oxygens (including phenoxy) is 1. The van der Waals surface area contributed by atoms with Gasteiger partial charge in [0.2, 0.25) is 17.5 Å². The van der Waals surface area contributed by atoms with E-state index in [1.807, 2.05) is 30.3 Å². The van der Waals surface area contributed by atoms with Crippen molar-refractivity contribution in [1.82, 2.24) is 5.32 Å². The molecule has 5 heteroatoms. The molecule has 1 heterocycles. The maximum atomic E-state index is 11.7. The summed E-state index contributed by atoms with van der Waals surface area (Å²) in [4.78, 5) is 33.7. The molecule has 1 aromatic rings. The Bertz CT molecular complexity index is 534. The first kappa shape index (κ1) is 13.0. The van der Waals surface area contributed by atoms with Crippen LogP contribution < -0.4 is 5.32 Å². The maximum Gasteiger partial charge on any atom is 0.240 e. The summed E-state index contributed by atoms with van der Waals surface area (Å²) in [6.45, 7) is -0.135. The van der Waals surface area contributed by atoms with Crippen LogP contribution in [-0.2, 0) is 25.5 Å². The summed E-state index contributed by atoms with van der Waals surface area (Å²) in [6, 6.07) is 9.32. The van der Waals surface area contributed by atoms with Crippen molar-refractivity contribution in [1.29, 1.82) is 0 Å². The number of carbonyl (C=O) groups is 3. The molecule has 0 spiro atoms. The van der Waals surface area contributed by atoms with Crippen molar-refractivity contribution >= 4 is 17.5 Å². The van der Waals surface area contributed by atoms with Crippen LogP contribution in [0.3, 0.4) is 0 Å². The standard InChI is InChI=1S/C14H13NO4/c16-12-7-11(19-9-13(12)17)8-15-14(18)6-10-4-2-1-3-5-10/h1-5,7H,6,8-9H2,(H,15,18). The molecule has 1 aliphatic heterocycles. The van der Waals surface area contributed by atoms with E-state index >= 15 is 0 Å². The van der Waals surface area contributed by atoms with Crippen LogP contribution in [0.4, 0.5) is 0 Å². The zero-order valence-electron chi connectivity index (χ0n) is 10.2. The highest BCUT2D eigenvalue weighted by Crippen LogP contribution is 2.04. The van der Waals surface area contributed by atoms with E-state index in [1.165, 1.54) is 0 Å². The van der Waals surface area contributed by atoms with Crippen molar-refractivity contribution in [2.75, 3.05) is 13.2 Å². The van der Waals surface area contributed by atoms with Crippen LogP contribution in [-0.4, -0.2) is 30.6 Å². The van der Waals surface area contributed by atoms with Gasteiger partial charge in [-0.15, -0.1) is 0 Å². The zero-order valence-corrected chi connectivity index (χ0v) is 10.2. The van der Waals surface area contributed by atoms with Gasteiger partial charge in [0, 0.05) is 6.08 Å². The van der Waals surface area contributed by atoms with Gasteiger partial charge in [-0.2, -0.15) is 0 Å². The Kier molecular flexibility index (Phi) is 4.07. The smallest absolute Gasteiger partial charge is 0.240 e. The van der Waals surface area contributed by atoms with Crippen LogP contribution in [0.1, 0.15) is 5.56 Å². The summed E-state index contributed by atoms with van der Waals surface area (Å²) in [7, 11) is 0. The lowest BCUT2D eigenvalue weighted by molar-refractivity contribution is -0.137. The van der Waals surface area contributed by atoms with Gasteiger partial charge in [0.25, 0.3) is 0 Å². The summed E-state index contributed by atoms with van der Waals surface area (Å²) in [5, 5.41) is 2.64. The summed E-state index contributed by atoms with van der Waals surface area (Å²) < 4.78 is 5.04. The molecule has 98 valence electrons. The third-order valence-corrected chi connectivity index (χ3v) is 2.62. The van der Waals surface area contributed by atoms with E-state index in [0.717, 1.165) is 11.6 Å². The molecule has 1 N–H and O–H groups in total. The van der Waals surface area contributed by atoms with E-state index in [0.29, 0.717) is 5.76 Å². The second kappa shape index (κ2) is 5.95. The Morgan fingerprint density at radius 1 is 1.21 bits per heavy atom. The van der Waals surface area contributed by atoms with Crippen LogP contribution in [0.2, 0.25) is 0 Å². The highest BCUT2D eigenvalue weighted by atomic mass is 16.5. The molecule has 0 saturated heterocycles. The van der Waals surface area contributed by atoms with Gasteiger partial charge >= 0.3 is 0 Å². The zero-order chi connectivity index (χ0) is 13.7. The van der Waals surface area contributed by atoms with E-state index in [1.54, 1.807) is 0 Å². The quantitative estimate of drug-likeness (QED) is 0.794. The van der Waals surface area contributed by atoms with E-state index < -0.39 is 11.6 Å². The largest absolute Gasteiger partial charge is 0.488 e. The van der Waals surface area contributed by atoms with Crippen molar-refractivity contribution in [3.8, 4) is 0 Å². The normalized spacial score (nSPS) is 14.6. The lowest BCUT2D eigenvalue weighted by Gasteiger charge is -2.14. The highest BCUT2D eigenvalue weighted by Gasteiger charge is 2.19. The average molecular weight is 259 g/mol. The number of benzene rings is 1. The van der Waals surface area contributed by atoms with Gasteiger partial charge in [-0.1, -0.05) is 30.3 Å². The third kappa shape index (κ3) is 3.77. The van der Waals surface area contributed by atoms with Gasteiger partial charge in [-0.3, -0.25) is 14.4 Å². The van der Waals surface area contributed by atoms with Crippen molar-refractivity contribution in [3.63, 3.8) is 0 Å². The number of carbonyl (C=O) groups excluding carboxylic acids is 3. The molecule has 0 saturated carbocycles. The minimum Gasteiger partial charge on any atom is -0.488 e. The number of rotatable bonds is 4. The molecule has 1 aliphatic rings. The molecule has 2 rings (SSSR count). The highest BCUT2D eigenvalue weighted by molar-refractivity contribution is 6.42. The first-order chi connectivity index (χ1) is 9.15. The molecule has 0 atom stereocenters. The van der Waals surface area contributed by atoms with Gasteiger partial charge < -0.3 is 10.1 Å². The molecule has 1 amide bonds. The number of Topliss-reactive ketones (excluding diaryl/α,β-unsaturated/α-hetero) is 1. The Labute approximate surface area is 110 Å². The summed E-state index contributed by atoms with van der Waals surface area (Å²) in [5.74, 6) is -1.01. The lowest BCUT2D eigenvalue weighted by Crippen LogP contribution is -2.31. The van der Waals surface area contributed by atoms with E-state index in [9.17, 15) is 14.4 Å². The van der Waals surface area contributed by atoms with Crippen molar-refractivity contribution in [2.45, 2.75) is 6.42 Å². The van der Waals surface area contributed by atoms with Crippen molar-refractivity contribution in [2.24, 2.45) is 0 Å².